The maximum absolute atomic E-state index is 12.0. The first-order valence-electron chi connectivity index (χ1n) is 7.37. The van der Waals surface area contributed by atoms with E-state index in [9.17, 15) is 13.2 Å². The molecule has 1 N–H and O–H groups in total. The fraction of sp³-hybridized carbons (Fsp3) is 0.769. The molecule has 1 aliphatic heterocycles. The van der Waals surface area contributed by atoms with Crippen LogP contribution in [0.1, 0.15) is 25.1 Å². The molecule has 1 aromatic rings. The molecule has 0 bridgehead atoms. The SMILES string of the molecule is COCCNC(=O)[C@H](C)Sc1nnc([C@@H]2CCS(=O)(=O)C2)n1C. The Morgan fingerprint density at radius 2 is 2.26 bits per heavy atom. The van der Waals surface area contributed by atoms with Gasteiger partial charge in [-0.15, -0.1) is 10.2 Å². The summed E-state index contributed by atoms with van der Waals surface area (Å²) in [6, 6.07) is 0. The molecule has 1 aliphatic rings. The number of rotatable bonds is 7. The summed E-state index contributed by atoms with van der Waals surface area (Å²) in [7, 11) is 0.417. The highest BCUT2D eigenvalue weighted by atomic mass is 32.2. The molecule has 1 aromatic heterocycles. The second kappa shape index (κ2) is 7.63. The number of aromatic nitrogens is 3. The number of carbonyl (C=O) groups is 1. The van der Waals surface area contributed by atoms with Gasteiger partial charge < -0.3 is 14.6 Å². The Hall–Kier alpha value is -1.13. The lowest BCUT2D eigenvalue weighted by molar-refractivity contribution is -0.120. The summed E-state index contributed by atoms with van der Waals surface area (Å²) in [5, 5.41) is 11.3. The third-order valence-corrected chi connectivity index (χ3v) is 6.62. The Kier molecular flexibility index (Phi) is 6.04. The molecule has 8 nitrogen and oxygen atoms in total. The second-order valence-corrected chi connectivity index (χ2v) is 9.08. The zero-order valence-corrected chi connectivity index (χ0v) is 15.1. The van der Waals surface area contributed by atoms with Gasteiger partial charge in [0.2, 0.25) is 5.91 Å². The largest absolute Gasteiger partial charge is 0.383 e. The quantitative estimate of drug-likeness (QED) is 0.536. The van der Waals surface area contributed by atoms with E-state index in [2.05, 4.69) is 15.5 Å². The molecule has 1 amide bonds. The Labute approximate surface area is 140 Å². The van der Waals surface area contributed by atoms with Crippen LogP contribution in [-0.2, 0) is 26.4 Å². The maximum Gasteiger partial charge on any atom is 0.233 e. The van der Waals surface area contributed by atoms with E-state index in [4.69, 9.17) is 4.74 Å². The highest BCUT2D eigenvalue weighted by molar-refractivity contribution is 8.00. The summed E-state index contributed by atoms with van der Waals surface area (Å²) in [6.45, 7) is 2.72. The summed E-state index contributed by atoms with van der Waals surface area (Å²) < 4.78 is 29.9. The van der Waals surface area contributed by atoms with Crippen molar-refractivity contribution in [3.63, 3.8) is 0 Å². The monoisotopic (exact) mass is 362 g/mol. The Morgan fingerprint density at radius 3 is 2.87 bits per heavy atom. The van der Waals surface area contributed by atoms with Gasteiger partial charge in [-0.1, -0.05) is 11.8 Å². The van der Waals surface area contributed by atoms with E-state index < -0.39 is 9.84 Å². The van der Waals surface area contributed by atoms with Gasteiger partial charge in [-0.3, -0.25) is 4.79 Å². The van der Waals surface area contributed by atoms with Crippen molar-refractivity contribution in [3.05, 3.63) is 5.82 Å². The minimum Gasteiger partial charge on any atom is -0.383 e. The van der Waals surface area contributed by atoms with Gasteiger partial charge in [0.15, 0.2) is 15.0 Å². The predicted molar refractivity (Wildman–Crippen MR) is 87.2 cm³/mol. The van der Waals surface area contributed by atoms with Crippen LogP contribution < -0.4 is 5.32 Å². The Morgan fingerprint density at radius 1 is 1.52 bits per heavy atom. The van der Waals surface area contributed by atoms with Gasteiger partial charge in [0.1, 0.15) is 5.82 Å². The van der Waals surface area contributed by atoms with E-state index in [1.165, 1.54) is 11.8 Å². The van der Waals surface area contributed by atoms with Crippen LogP contribution in [-0.4, -0.2) is 66.1 Å². The number of hydrogen-bond acceptors (Lipinski definition) is 7. The molecule has 130 valence electrons. The zero-order chi connectivity index (χ0) is 17.0. The van der Waals surface area contributed by atoms with Gasteiger partial charge in [-0.2, -0.15) is 0 Å². The van der Waals surface area contributed by atoms with E-state index >= 15 is 0 Å². The summed E-state index contributed by atoms with van der Waals surface area (Å²) in [6.07, 6.45) is 0.575. The molecule has 1 saturated heterocycles. The van der Waals surface area contributed by atoms with E-state index in [1.54, 1.807) is 25.6 Å². The molecule has 0 saturated carbocycles. The number of amides is 1. The lowest BCUT2D eigenvalue weighted by Gasteiger charge is -2.12. The van der Waals surface area contributed by atoms with Gasteiger partial charge in [0.25, 0.3) is 0 Å². The average Bonchev–Trinajstić information content (AvgIpc) is 3.02. The summed E-state index contributed by atoms with van der Waals surface area (Å²) >= 11 is 1.30. The van der Waals surface area contributed by atoms with Gasteiger partial charge >= 0.3 is 0 Å². The molecule has 23 heavy (non-hydrogen) atoms. The number of carbonyl (C=O) groups excluding carboxylic acids is 1. The normalized spacial score (nSPS) is 21.3. The Balaban J connectivity index is 1.98. The van der Waals surface area contributed by atoms with Gasteiger partial charge in [0.05, 0.1) is 23.4 Å². The number of thioether (sulfide) groups is 1. The minimum atomic E-state index is -2.96. The average molecular weight is 362 g/mol. The van der Waals surface area contributed by atoms with Crippen LogP contribution in [0.4, 0.5) is 0 Å². The van der Waals surface area contributed by atoms with E-state index in [0.29, 0.717) is 30.6 Å². The smallest absolute Gasteiger partial charge is 0.233 e. The molecule has 0 unspecified atom stereocenters. The third-order valence-electron chi connectivity index (χ3n) is 3.72. The summed E-state index contributed by atoms with van der Waals surface area (Å²) in [5.74, 6) is 0.778. The highest BCUT2D eigenvalue weighted by Gasteiger charge is 2.33. The third kappa shape index (κ3) is 4.67. The molecule has 0 aromatic carbocycles. The van der Waals surface area contributed by atoms with E-state index in [-0.39, 0.29) is 28.6 Å². The van der Waals surface area contributed by atoms with Crippen LogP contribution in [0, 0.1) is 0 Å². The Bertz CT molecular complexity index is 659. The van der Waals surface area contributed by atoms with Crippen molar-refractivity contribution in [2.75, 3.05) is 31.8 Å². The van der Waals surface area contributed by atoms with Crippen molar-refractivity contribution >= 4 is 27.5 Å². The maximum atomic E-state index is 12.0. The molecular formula is C13H22N4O4S2. The molecular weight excluding hydrogens is 340 g/mol. The van der Waals surface area contributed by atoms with Crippen molar-refractivity contribution in [2.24, 2.45) is 7.05 Å². The number of methoxy groups -OCH3 is 1. The molecule has 2 rings (SSSR count). The summed E-state index contributed by atoms with van der Waals surface area (Å²) in [4.78, 5) is 12.0. The number of nitrogens with zero attached hydrogens (tertiary/aromatic N) is 3. The van der Waals surface area contributed by atoms with Crippen LogP contribution in [0.25, 0.3) is 0 Å². The van der Waals surface area contributed by atoms with Crippen LogP contribution in [0.5, 0.6) is 0 Å². The molecule has 0 aliphatic carbocycles. The van der Waals surface area contributed by atoms with Crippen molar-refractivity contribution in [1.29, 1.82) is 0 Å². The lowest BCUT2D eigenvalue weighted by Crippen LogP contribution is -2.33. The topological polar surface area (TPSA) is 103 Å². The number of hydrogen-bond donors (Lipinski definition) is 1. The fourth-order valence-corrected chi connectivity index (χ4v) is 5.00. The first-order valence-corrected chi connectivity index (χ1v) is 10.1. The van der Waals surface area contributed by atoms with Crippen molar-refractivity contribution in [3.8, 4) is 0 Å². The molecule has 10 heteroatoms. The first kappa shape index (κ1) is 18.2. The van der Waals surface area contributed by atoms with Crippen molar-refractivity contribution in [1.82, 2.24) is 20.1 Å². The second-order valence-electron chi connectivity index (χ2n) is 5.54. The van der Waals surface area contributed by atoms with E-state index in [1.807, 2.05) is 0 Å². The minimum absolute atomic E-state index is 0.0972. The number of nitrogens with one attached hydrogen (secondary N) is 1. The molecule has 2 atom stereocenters. The highest BCUT2D eigenvalue weighted by Crippen LogP contribution is 2.30. The summed E-state index contributed by atoms with van der Waals surface area (Å²) in [5.41, 5.74) is 0. The van der Waals surface area contributed by atoms with Crippen molar-refractivity contribution < 1.29 is 17.9 Å². The predicted octanol–water partition coefficient (Wildman–Crippen LogP) is -0.0396. The zero-order valence-electron chi connectivity index (χ0n) is 13.5. The first-order chi connectivity index (χ1) is 10.8. The number of sulfone groups is 1. The molecule has 0 radical (unpaired) electrons. The van der Waals surface area contributed by atoms with E-state index in [0.717, 1.165) is 0 Å². The van der Waals surface area contributed by atoms with Gasteiger partial charge in [-0.25, -0.2) is 8.42 Å². The molecule has 2 heterocycles. The molecule has 1 fully saturated rings. The van der Waals surface area contributed by atoms with Crippen molar-refractivity contribution in [2.45, 2.75) is 29.7 Å². The number of ether oxygens (including phenoxy) is 1. The van der Waals surface area contributed by atoms with Crippen LogP contribution in [0.2, 0.25) is 0 Å². The van der Waals surface area contributed by atoms with Crippen LogP contribution >= 0.6 is 11.8 Å². The molecule has 0 spiro atoms. The van der Waals surface area contributed by atoms with Gasteiger partial charge in [-0.05, 0) is 13.3 Å². The standard InChI is InChI=1S/C13H22N4O4S2/c1-9(12(18)14-5-6-21-3)22-13-16-15-11(17(13)2)10-4-7-23(19,20)8-10/h9-10H,4-8H2,1-3H3,(H,14,18)/t9-,10+/m0/s1. The lowest BCUT2D eigenvalue weighted by atomic mass is 10.1. The fourth-order valence-electron chi connectivity index (χ4n) is 2.41. The van der Waals surface area contributed by atoms with Crippen LogP contribution in [0.3, 0.4) is 0 Å². The van der Waals surface area contributed by atoms with Gasteiger partial charge in [0, 0.05) is 26.6 Å². The van der Waals surface area contributed by atoms with Crippen LogP contribution in [0.15, 0.2) is 5.16 Å².